The van der Waals surface area contributed by atoms with E-state index in [2.05, 4.69) is 32.6 Å². The molecule has 0 aliphatic heterocycles. The minimum atomic E-state index is -0.488. The summed E-state index contributed by atoms with van der Waals surface area (Å²) in [7, 11) is 0. The summed E-state index contributed by atoms with van der Waals surface area (Å²) in [6, 6.07) is 14.3. The molecule has 1 atom stereocenters. The number of rotatable bonds is 10. The van der Waals surface area contributed by atoms with E-state index in [1.165, 1.54) is 29.6 Å². The third-order valence-corrected chi connectivity index (χ3v) is 5.62. The lowest BCUT2D eigenvalue weighted by Crippen LogP contribution is -2.27. The van der Waals surface area contributed by atoms with Crippen LogP contribution in [0.2, 0.25) is 0 Å². The number of nitrogens with one attached hydrogen (secondary N) is 2. The molecule has 0 saturated heterocycles. The van der Waals surface area contributed by atoms with Gasteiger partial charge in [-0.25, -0.2) is 9.82 Å². The molecule has 0 fully saturated rings. The number of halogens is 1. The van der Waals surface area contributed by atoms with E-state index in [9.17, 15) is 9.18 Å². The predicted molar refractivity (Wildman–Crippen MR) is 126 cm³/mol. The highest BCUT2D eigenvalue weighted by Crippen LogP contribution is 2.23. The third-order valence-electron chi connectivity index (χ3n) is 4.54. The summed E-state index contributed by atoms with van der Waals surface area (Å²) in [4.78, 5) is 12.4. The van der Waals surface area contributed by atoms with E-state index >= 15 is 0 Å². The van der Waals surface area contributed by atoms with Crippen LogP contribution in [-0.4, -0.2) is 32.1 Å². The van der Waals surface area contributed by atoms with Gasteiger partial charge in [0, 0.05) is 17.8 Å². The average molecular weight is 453 g/mol. The van der Waals surface area contributed by atoms with Gasteiger partial charge in [0.05, 0.1) is 18.0 Å². The summed E-state index contributed by atoms with van der Waals surface area (Å²) < 4.78 is 15.5. The van der Waals surface area contributed by atoms with Crippen molar-refractivity contribution in [1.29, 1.82) is 0 Å². The Kier molecular flexibility index (Phi) is 8.15. The normalized spacial score (nSPS) is 12.0. The zero-order chi connectivity index (χ0) is 22.9. The van der Waals surface area contributed by atoms with Crippen molar-refractivity contribution in [2.24, 2.45) is 5.10 Å². The molecule has 0 spiro atoms. The van der Waals surface area contributed by atoms with Crippen molar-refractivity contribution in [2.45, 2.75) is 37.3 Å². The Morgan fingerprint density at radius 2 is 2.00 bits per heavy atom. The summed E-state index contributed by atoms with van der Waals surface area (Å²) >= 11 is 1.27. The van der Waals surface area contributed by atoms with Gasteiger partial charge in [-0.1, -0.05) is 53.7 Å². The van der Waals surface area contributed by atoms with Gasteiger partial charge in [0.1, 0.15) is 5.82 Å². The molecule has 2 aromatic carbocycles. The van der Waals surface area contributed by atoms with Gasteiger partial charge >= 0.3 is 0 Å². The van der Waals surface area contributed by atoms with E-state index < -0.39 is 11.1 Å². The maximum Gasteiger partial charge on any atom is 0.253 e. The first-order valence-corrected chi connectivity index (χ1v) is 10.9. The molecule has 3 rings (SSSR count). The summed E-state index contributed by atoms with van der Waals surface area (Å²) in [6.07, 6.45) is 3.03. The first kappa shape index (κ1) is 23.2. The van der Waals surface area contributed by atoms with Crippen LogP contribution in [0.1, 0.15) is 23.9 Å². The number of nitrogens with zero attached hydrogens (tertiary/aromatic N) is 4. The number of carbonyl (C=O) groups is 1. The molecule has 0 aliphatic carbocycles. The monoisotopic (exact) mass is 452 g/mol. The summed E-state index contributed by atoms with van der Waals surface area (Å²) in [5.41, 5.74) is 4.91. The van der Waals surface area contributed by atoms with Crippen LogP contribution in [0.3, 0.4) is 0 Å². The number of hydrogen-bond donors (Lipinski definition) is 2. The Morgan fingerprint density at radius 1 is 1.25 bits per heavy atom. The molecule has 1 heterocycles. The second-order valence-electron chi connectivity index (χ2n) is 7.03. The number of amides is 1. The van der Waals surface area contributed by atoms with Crippen molar-refractivity contribution < 1.29 is 9.18 Å². The molecule has 2 N–H and O–H groups in total. The quantitative estimate of drug-likeness (QED) is 0.209. The molecule has 0 unspecified atom stereocenters. The van der Waals surface area contributed by atoms with Crippen LogP contribution in [0.25, 0.3) is 0 Å². The fourth-order valence-electron chi connectivity index (χ4n) is 2.75. The van der Waals surface area contributed by atoms with Crippen molar-refractivity contribution in [3.05, 3.63) is 84.0 Å². The topological polar surface area (TPSA) is 84.2 Å². The van der Waals surface area contributed by atoms with Gasteiger partial charge in [-0.3, -0.25) is 4.79 Å². The smallest absolute Gasteiger partial charge is 0.253 e. The molecular weight excluding hydrogens is 427 g/mol. The number of allylic oxidation sites excluding steroid dienone is 1. The Balaban J connectivity index is 1.61. The summed E-state index contributed by atoms with van der Waals surface area (Å²) in [5.74, 6) is 0.00505. The van der Waals surface area contributed by atoms with Gasteiger partial charge in [0.2, 0.25) is 0 Å². The Labute approximate surface area is 190 Å². The van der Waals surface area contributed by atoms with Crippen LogP contribution in [0, 0.1) is 12.7 Å². The molecular formula is C23H25FN6OS. The van der Waals surface area contributed by atoms with Gasteiger partial charge in [0.15, 0.2) is 11.0 Å². The average Bonchev–Trinajstić information content (AvgIpc) is 3.16. The molecule has 166 valence electrons. The van der Waals surface area contributed by atoms with Gasteiger partial charge in [-0.15, -0.1) is 16.8 Å². The number of thioether (sulfide) groups is 1. The number of benzene rings is 2. The van der Waals surface area contributed by atoms with Crippen molar-refractivity contribution in [3.8, 4) is 0 Å². The molecule has 1 amide bonds. The van der Waals surface area contributed by atoms with Gasteiger partial charge in [-0.05, 0) is 32.0 Å². The third kappa shape index (κ3) is 6.27. The zero-order valence-electron chi connectivity index (χ0n) is 18.0. The van der Waals surface area contributed by atoms with Gasteiger partial charge < -0.3 is 9.88 Å². The second kappa shape index (κ2) is 11.2. The number of carbonyl (C=O) groups excluding carboxylic acids is 1. The van der Waals surface area contributed by atoms with Gasteiger partial charge in [0.25, 0.3) is 5.91 Å². The lowest BCUT2D eigenvalue weighted by atomic mass is 10.2. The minimum absolute atomic E-state index is 0.296. The Bertz CT molecular complexity index is 1100. The van der Waals surface area contributed by atoms with Crippen LogP contribution >= 0.6 is 11.8 Å². The highest BCUT2D eigenvalue weighted by atomic mass is 32.2. The molecule has 3 aromatic rings. The SMILES string of the molecule is C=CCn1c(CNc2ccc(C)cc2)nnc1S[C@H](C)C(=O)NN=Cc1ccccc1F. The van der Waals surface area contributed by atoms with E-state index in [0.29, 0.717) is 23.8 Å². The van der Waals surface area contributed by atoms with E-state index in [4.69, 9.17) is 0 Å². The molecule has 0 saturated carbocycles. The van der Waals surface area contributed by atoms with Crippen LogP contribution in [0.15, 0.2) is 71.4 Å². The first-order chi connectivity index (χ1) is 15.5. The largest absolute Gasteiger partial charge is 0.378 e. The van der Waals surface area contributed by atoms with Crippen LogP contribution in [0.4, 0.5) is 10.1 Å². The molecule has 32 heavy (non-hydrogen) atoms. The Hall–Kier alpha value is -3.46. The number of anilines is 1. The van der Waals surface area contributed by atoms with Crippen molar-refractivity contribution in [1.82, 2.24) is 20.2 Å². The summed E-state index contributed by atoms with van der Waals surface area (Å²) in [5, 5.41) is 15.8. The second-order valence-corrected chi connectivity index (χ2v) is 8.34. The first-order valence-electron chi connectivity index (χ1n) is 10.1. The van der Waals surface area contributed by atoms with E-state index in [0.717, 1.165) is 11.5 Å². The molecule has 1 aromatic heterocycles. The number of aryl methyl sites for hydroxylation is 1. The van der Waals surface area contributed by atoms with Crippen LogP contribution in [0.5, 0.6) is 0 Å². The Morgan fingerprint density at radius 3 is 2.72 bits per heavy atom. The van der Waals surface area contributed by atoms with Gasteiger partial charge in [-0.2, -0.15) is 5.10 Å². The van der Waals surface area contributed by atoms with E-state index in [1.807, 2.05) is 35.8 Å². The predicted octanol–water partition coefficient (Wildman–Crippen LogP) is 4.15. The summed E-state index contributed by atoms with van der Waals surface area (Å²) in [6.45, 7) is 8.58. The number of hydrogen-bond acceptors (Lipinski definition) is 6. The highest BCUT2D eigenvalue weighted by molar-refractivity contribution is 8.00. The molecule has 0 radical (unpaired) electrons. The lowest BCUT2D eigenvalue weighted by Gasteiger charge is -2.12. The highest BCUT2D eigenvalue weighted by Gasteiger charge is 2.19. The van der Waals surface area contributed by atoms with Crippen molar-refractivity contribution in [2.75, 3.05) is 5.32 Å². The maximum atomic E-state index is 13.6. The zero-order valence-corrected chi connectivity index (χ0v) is 18.8. The minimum Gasteiger partial charge on any atom is -0.378 e. The van der Waals surface area contributed by atoms with E-state index in [-0.39, 0.29) is 5.91 Å². The molecule has 0 bridgehead atoms. The van der Waals surface area contributed by atoms with Crippen LogP contribution < -0.4 is 10.7 Å². The van der Waals surface area contributed by atoms with Crippen LogP contribution in [-0.2, 0) is 17.9 Å². The fraction of sp³-hybridized carbons (Fsp3) is 0.217. The molecule has 7 nitrogen and oxygen atoms in total. The maximum absolute atomic E-state index is 13.6. The lowest BCUT2D eigenvalue weighted by molar-refractivity contribution is -0.120. The molecule has 0 aliphatic rings. The van der Waals surface area contributed by atoms with Crippen molar-refractivity contribution >= 4 is 29.6 Å². The van der Waals surface area contributed by atoms with E-state index in [1.54, 1.807) is 31.2 Å². The molecule has 9 heteroatoms. The number of hydrazone groups is 1. The standard InChI is InChI=1S/C23H25FN6OS/c1-4-13-30-21(15-25-19-11-9-16(2)10-12-19)27-29-23(30)32-17(3)22(31)28-26-14-18-7-5-6-8-20(18)24/h4-12,14,17,25H,1,13,15H2,2-3H3,(H,28,31)/t17-/m1/s1. The number of aromatic nitrogens is 3. The fourth-order valence-corrected chi connectivity index (χ4v) is 3.62. The van der Waals surface area contributed by atoms with Crippen molar-refractivity contribution in [3.63, 3.8) is 0 Å².